The molecule has 3 aromatic rings. The largest absolute Gasteiger partial charge is 0.492 e. The Morgan fingerprint density at radius 3 is 2.46 bits per heavy atom. The zero-order chi connectivity index (χ0) is 29.6. The maximum absolute atomic E-state index is 11.7. The fraction of sp³-hybridized carbons (Fsp3) is 0.457. The maximum Gasteiger partial charge on any atom is 0.306 e. The second-order valence-corrected chi connectivity index (χ2v) is 12.3. The number of nitrogens with two attached hydrogens (primary N) is 1. The van der Waals surface area contributed by atoms with Crippen LogP contribution < -0.4 is 19.9 Å². The van der Waals surface area contributed by atoms with Gasteiger partial charge in [0.25, 0.3) is 0 Å². The summed E-state index contributed by atoms with van der Waals surface area (Å²) in [5.74, 6) is 2.20. The Balaban J connectivity index is 1.43. The van der Waals surface area contributed by atoms with E-state index in [1.807, 2.05) is 18.2 Å². The number of methoxy groups -OCH3 is 1. The molecule has 2 N–H and O–H groups in total. The van der Waals surface area contributed by atoms with Gasteiger partial charge in [-0.15, -0.1) is 0 Å². The highest BCUT2D eigenvalue weighted by molar-refractivity contribution is 5.72. The van der Waals surface area contributed by atoms with E-state index < -0.39 is 0 Å². The van der Waals surface area contributed by atoms with E-state index in [0.29, 0.717) is 26.2 Å². The quantitative estimate of drug-likeness (QED) is 0.231. The molecule has 0 aliphatic carbocycles. The number of carbonyl (C=O) groups excluding carboxylic acids is 1. The number of hydrogen-bond acceptors (Lipinski definition) is 6. The van der Waals surface area contributed by atoms with Crippen molar-refractivity contribution in [2.45, 2.75) is 78.9 Å². The van der Waals surface area contributed by atoms with Gasteiger partial charge >= 0.3 is 5.97 Å². The molecule has 0 spiro atoms. The number of hydrogen-bond donors (Lipinski definition) is 1. The Kier molecular flexibility index (Phi) is 9.98. The summed E-state index contributed by atoms with van der Waals surface area (Å²) in [6.45, 7) is 12.6. The lowest BCUT2D eigenvalue weighted by atomic mass is 9.88. The molecule has 4 rings (SSSR count). The van der Waals surface area contributed by atoms with Gasteiger partial charge < -0.3 is 24.7 Å². The van der Waals surface area contributed by atoms with Gasteiger partial charge in [0.2, 0.25) is 0 Å². The Morgan fingerprint density at radius 1 is 1.02 bits per heavy atom. The van der Waals surface area contributed by atoms with Crippen LogP contribution in [0.4, 0.5) is 0 Å². The molecule has 0 radical (unpaired) electrons. The van der Waals surface area contributed by atoms with Gasteiger partial charge in [-0.05, 0) is 97.2 Å². The Morgan fingerprint density at radius 2 is 1.78 bits per heavy atom. The molecule has 1 unspecified atom stereocenters. The Hall–Kier alpha value is -3.51. The molecule has 41 heavy (non-hydrogen) atoms. The van der Waals surface area contributed by atoms with Crippen LogP contribution in [0.3, 0.4) is 0 Å². The maximum atomic E-state index is 11.7. The lowest BCUT2D eigenvalue weighted by Crippen LogP contribution is -2.23. The number of fused-ring (bicyclic) bond motifs is 1. The summed E-state index contributed by atoms with van der Waals surface area (Å²) >= 11 is 0. The van der Waals surface area contributed by atoms with Crippen molar-refractivity contribution in [3.63, 3.8) is 0 Å². The van der Waals surface area contributed by atoms with Crippen molar-refractivity contribution in [2.24, 2.45) is 11.1 Å². The lowest BCUT2D eigenvalue weighted by Gasteiger charge is -2.24. The molecule has 0 fully saturated rings. The normalized spacial score (nSPS) is 15.1. The van der Waals surface area contributed by atoms with Crippen LogP contribution in [-0.4, -0.2) is 32.3 Å². The van der Waals surface area contributed by atoms with E-state index in [0.717, 1.165) is 53.2 Å². The molecular weight excluding hydrogens is 514 g/mol. The van der Waals surface area contributed by atoms with Crippen LogP contribution in [-0.2, 0) is 16.1 Å². The first kappa shape index (κ1) is 30.4. The summed E-state index contributed by atoms with van der Waals surface area (Å²) in [4.78, 5) is 11.7. The zero-order valence-electron chi connectivity index (χ0n) is 25.4. The third-order valence-corrected chi connectivity index (χ3v) is 7.64. The second-order valence-electron chi connectivity index (χ2n) is 12.3. The van der Waals surface area contributed by atoms with Gasteiger partial charge in [-0.25, -0.2) is 0 Å². The minimum atomic E-state index is -0.230. The highest BCUT2D eigenvalue weighted by atomic mass is 16.5. The predicted molar refractivity (Wildman–Crippen MR) is 164 cm³/mol. The number of esters is 1. The van der Waals surface area contributed by atoms with Gasteiger partial charge in [0.05, 0.1) is 26.2 Å². The first-order valence-corrected chi connectivity index (χ1v) is 14.6. The van der Waals surface area contributed by atoms with Crippen molar-refractivity contribution in [1.29, 1.82) is 0 Å². The average molecular weight is 560 g/mol. The second kappa shape index (κ2) is 13.4. The van der Waals surface area contributed by atoms with Crippen molar-refractivity contribution < 1.29 is 23.7 Å². The molecule has 6 nitrogen and oxygen atoms in total. The molecule has 2 atom stereocenters. The van der Waals surface area contributed by atoms with Crippen molar-refractivity contribution in [2.75, 3.05) is 20.3 Å². The Labute approximate surface area is 245 Å². The van der Waals surface area contributed by atoms with Crippen molar-refractivity contribution in [3.8, 4) is 28.4 Å². The smallest absolute Gasteiger partial charge is 0.306 e. The third kappa shape index (κ3) is 8.26. The molecule has 0 aromatic heterocycles. The van der Waals surface area contributed by atoms with Crippen LogP contribution in [0.25, 0.3) is 11.1 Å². The van der Waals surface area contributed by atoms with Gasteiger partial charge in [0, 0.05) is 17.5 Å². The molecule has 0 saturated carbocycles. The van der Waals surface area contributed by atoms with Crippen LogP contribution in [0.1, 0.15) is 74.6 Å². The summed E-state index contributed by atoms with van der Waals surface area (Å²) in [6, 6.07) is 18.6. The van der Waals surface area contributed by atoms with E-state index in [2.05, 4.69) is 71.0 Å². The summed E-state index contributed by atoms with van der Waals surface area (Å²) < 4.78 is 23.2. The van der Waals surface area contributed by atoms with E-state index in [1.165, 1.54) is 23.8 Å². The molecule has 1 aliphatic rings. The summed E-state index contributed by atoms with van der Waals surface area (Å²) in [5.41, 5.74) is 13.0. The van der Waals surface area contributed by atoms with Crippen molar-refractivity contribution >= 4 is 5.97 Å². The topological polar surface area (TPSA) is 80.0 Å². The molecule has 1 heterocycles. The van der Waals surface area contributed by atoms with Crippen LogP contribution in [0.15, 0.2) is 54.6 Å². The molecule has 0 bridgehead atoms. The average Bonchev–Trinajstić information content (AvgIpc) is 3.31. The standard InChI is InChI=1S/C35H45NO5/c1-23-16-30(41-28(13-15-36)12-14-35(3,4)5)17-24(2)34(23)26-9-7-8-25(18-26)21-39-29-10-11-31-27(19-33(37)38-6)22-40-32(31)20-29/h7-11,16-18,20,27-28H,12-15,19,21-22,36H2,1-6H3/t27-,28?/m1/s1. The number of carbonyl (C=O) groups is 1. The van der Waals surface area contributed by atoms with E-state index >= 15 is 0 Å². The van der Waals surface area contributed by atoms with Gasteiger partial charge in [-0.2, -0.15) is 0 Å². The summed E-state index contributed by atoms with van der Waals surface area (Å²) in [7, 11) is 1.41. The molecular formula is C35H45NO5. The van der Waals surface area contributed by atoms with Gasteiger partial charge in [-0.3, -0.25) is 4.79 Å². The van der Waals surface area contributed by atoms with Gasteiger partial charge in [-0.1, -0.05) is 45.0 Å². The first-order chi connectivity index (χ1) is 19.6. The Bertz CT molecular complexity index is 1320. The number of aryl methyl sites for hydroxylation is 2. The summed E-state index contributed by atoms with van der Waals surface area (Å²) in [6.07, 6.45) is 3.37. The van der Waals surface area contributed by atoms with Gasteiger partial charge in [0.1, 0.15) is 23.9 Å². The highest BCUT2D eigenvalue weighted by Gasteiger charge is 2.27. The summed E-state index contributed by atoms with van der Waals surface area (Å²) in [5, 5.41) is 0. The minimum Gasteiger partial charge on any atom is -0.492 e. The highest BCUT2D eigenvalue weighted by Crippen LogP contribution is 2.39. The molecule has 0 amide bonds. The van der Waals surface area contributed by atoms with E-state index in [4.69, 9.17) is 24.7 Å². The lowest BCUT2D eigenvalue weighted by molar-refractivity contribution is -0.141. The molecule has 0 saturated heterocycles. The van der Waals surface area contributed by atoms with Crippen molar-refractivity contribution in [3.05, 3.63) is 76.9 Å². The van der Waals surface area contributed by atoms with Crippen molar-refractivity contribution in [1.82, 2.24) is 0 Å². The van der Waals surface area contributed by atoms with E-state index in [1.54, 1.807) is 0 Å². The fourth-order valence-corrected chi connectivity index (χ4v) is 5.47. The molecule has 6 heteroatoms. The minimum absolute atomic E-state index is 0.0153. The predicted octanol–water partition coefficient (Wildman–Crippen LogP) is 7.51. The fourth-order valence-electron chi connectivity index (χ4n) is 5.47. The first-order valence-electron chi connectivity index (χ1n) is 14.6. The zero-order valence-corrected chi connectivity index (χ0v) is 25.4. The van der Waals surface area contributed by atoms with Gasteiger partial charge in [0.15, 0.2) is 0 Å². The van der Waals surface area contributed by atoms with Crippen LogP contribution in [0.2, 0.25) is 0 Å². The number of ether oxygens (including phenoxy) is 4. The number of rotatable bonds is 12. The monoisotopic (exact) mass is 559 g/mol. The number of benzene rings is 3. The molecule has 3 aromatic carbocycles. The molecule has 1 aliphatic heterocycles. The SMILES string of the molecule is COC(=O)C[C@@H]1COc2cc(OCc3cccc(-c4c(C)cc(OC(CCN)CCC(C)(C)C)cc4C)c3)ccc21. The van der Waals surface area contributed by atoms with E-state index in [-0.39, 0.29) is 23.4 Å². The van der Waals surface area contributed by atoms with E-state index in [9.17, 15) is 4.79 Å². The van der Waals surface area contributed by atoms with Crippen LogP contribution in [0.5, 0.6) is 17.2 Å². The van der Waals surface area contributed by atoms with Crippen LogP contribution in [0, 0.1) is 19.3 Å². The van der Waals surface area contributed by atoms with Crippen LogP contribution >= 0.6 is 0 Å². The molecule has 220 valence electrons. The third-order valence-electron chi connectivity index (χ3n) is 7.64.